The molecule has 0 bridgehead atoms. The minimum atomic E-state index is -0.279. The molecule has 0 saturated heterocycles. The van der Waals surface area contributed by atoms with Crippen LogP contribution in [0.3, 0.4) is 0 Å². The van der Waals surface area contributed by atoms with Gasteiger partial charge in [0.1, 0.15) is 5.82 Å². The maximum absolute atomic E-state index is 12.8. The molecule has 2 rings (SSSR count). The first-order valence-electron chi connectivity index (χ1n) is 5.18. The zero-order valence-electron chi connectivity index (χ0n) is 8.42. The molecule has 0 spiro atoms. The van der Waals surface area contributed by atoms with Crippen LogP contribution in [-0.4, -0.2) is 16.9 Å². The van der Waals surface area contributed by atoms with Crippen molar-refractivity contribution < 1.29 is 4.39 Å². The molecule has 4 heteroatoms. The standard InChI is InChI=1S/C11H14ClFN2/c12-10-1-8(2-10)4-14-5-9-3-11(13)7-15-6-9/h3,6-8,10,14H,1-2,4-5H2. The summed E-state index contributed by atoms with van der Waals surface area (Å²) in [7, 11) is 0. The summed E-state index contributed by atoms with van der Waals surface area (Å²) in [5.74, 6) is 0.410. The molecular weight excluding hydrogens is 215 g/mol. The van der Waals surface area contributed by atoms with Crippen molar-refractivity contribution in [1.82, 2.24) is 10.3 Å². The topological polar surface area (TPSA) is 24.9 Å². The molecule has 2 nitrogen and oxygen atoms in total. The fourth-order valence-corrected chi connectivity index (χ4v) is 2.30. The van der Waals surface area contributed by atoms with Gasteiger partial charge in [0.15, 0.2) is 0 Å². The van der Waals surface area contributed by atoms with Crippen LogP contribution >= 0.6 is 11.6 Å². The molecule has 15 heavy (non-hydrogen) atoms. The maximum Gasteiger partial charge on any atom is 0.141 e. The van der Waals surface area contributed by atoms with Gasteiger partial charge in [-0.25, -0.2) is 4.39 Å². The SMILES string of the molecule is Fc1cncc(CNCC2CC(Cl)C2)c1. The zero-order valence-corrected chi connectivity index (χ0v) is 9.17. The lowest BCUT2D eigenvalue weighted by Crippen LogP contribution is -2.33. The number of nitrogens with one attached hydrogen (secondary N) is 1. The van der Waals surface area contributed by atoms with Gasteiger partial charge in [0.05, 0.1) is 6.20 Å². The summed E-state index contributed by atoms with van der Waals surface area (Å²) in [5.41, 5.74) is 0.886. The van der Waals surface area contributed by atoms with Crippen molar-refractivity contribution in [3.8, 4) is 0 Å². The molecule has 0 atom stereocenters. The molecule has 0 radical (unpaired) electrons. The summed E-state index contributed by atoms with van der Waals surface area (Å²) >= 11 is 5.87. The van der Waals surface area contributed by atoms with Crippen LogP contribution in [0.2, 0.25) is 0 Å². The Kier molecular flexibility index (Phi) is 3.54. The van der Waals surface area contributed by atoms with E-state index in [-0.39, 0.29) is 5.82 Å². The van der Waals surface area contributed by atoms with Crippen LogP contribution in [0.4, 0.5) is 4.39 Å². The number of hydrogen-bond donors (Lipinski definition) is 1. The number of rotatable bonds is 4. The lowest BCUT2D eigenvalue weighted by atomic mass is 9.85. The van der Waals surface area contributed by atoms with Gasteiger partial charge in [-0.3, -0.25) is 4.98 Å². The molecule has 0 unspecified atom stereocenters. The predicted molar refractivity (Wildman–Crippen MR) is 58.3 cm³/mol. The van der Waals surface area contributed by atoms with Crippen LogP contribution in [0, 0.1) is 11.7 Å². The monoisotopic (exact) mass is 228 g/mol. The minimum absolute atomic E-state index is 0.279. The van der Waals surface area contributed by atoms with Crippen molar-refractivity contribution in [2.45, 2.75) is 24.8 Å². The van der Waals surface area contributed by atoms with Gasteiger partial charge in [-0.05, 0) is 36.9 Å². The van der Waals surface area contributed by atoms with E-state index in [4.69, 9.17) is 11.6 Å². The third-order valence-corrected chi connectivity index (χ3v) is 3.06. The van der Waals surface area contributed by atoms with Gasteiger partial charge in [-0.2, -0.15) is 0 Å². The number of nitrogens with zero attached hydrogens (tertiary/aromatic N) is 1. The molecule has 1 aliphatic rings. The molecule has 0 amide bonds. The van der Waals surface area contributed by atoms with Crippen molar-refractivity contribution in [1.29, 1.82) is 0 Å². The van der Waals surface area contributed by atoms with E-state index in [0.717, 1.165) is 24.9 Å². The number of hydrogen-bond acceptors (Lipinski definition) is 2. The Morgan fingerprint density at radius 2 is 2.27 bits per heavy atom. The van der Waals surface area contributed by atoms with Gasteiger partial charge in [0.25, 0.3) is 0 Å². The number of alkyl halides is 1. The lowest BCUT2D eigenvalue weighted by Gasteiger charge is -2.30. The molecular formula is C11H14ClFN2. The predicted octanol–water partition coefficient (Wildman–Crippen LogP) is 2.33. The molecule has 0 aromatic carbocycles. The van der Waals surface area contributed by atoms with Crippen LogP contribution < -0.4 is 5.32 Å². The van der Waals surface area contributed by atoms with E-state index in [1.54, 1.807) is 6.20 Å². The van der Waals surface area contributed by atoms with Crippen molar-refractivity contribution >= 4 is 11.6 Å². The zero-order chi connectivity index (χ0) is 10.7. The second-order valence-corrected chi connectivity index (χ2v) is 4.69. The van der Waals surface area contributed by atoms with Crippen LogP contribution in [0.1, 0.15) is 18.4 Å². The van der Waals surface area contributed by atoms with Gasteiger partial charge in [0.2, 0.25) is 0 Å². The van der Waals surface area contributed by atoms with Crippen molar-refractivity contribution in [3.05, 3.63) is 29.8 Å². The summed E-state index contributed by atoms with van der Waals surface area (Å²) in [6.45, 7) is 1.63. The fourth-order valence-electron chi connectivity index (χ4n) is 1.79. The molecule has 1 saturated carbocycles. The number of pyridine rings is 1. The average Bonchev–Trinajstić information content (AvgIpc) is 2.15. The Bertz CT molecular complexity index is 326. The first kappa shape index (κ1) is 10.8. The third kappa shape index (κ3) is 3.14. The molecule has 82 valence electrons. The maximum atomic E-state index is 12.8. The van der Waals surface area contributed by atoms with E-state index in [0.29, 0.717) is 17.8 Å². The summed E-state index contributed by atoms with van der Waals surface area (Å²) in [4.78, 5) is 3.79. The van der Waals surface area contributed by atoms with E-state index in [1.807, 2.05) is 0 Å². The Balaban J connectivity index is 1.69. The normalized spacial score (nSPS) is 24.9. The van der Waals surface area contributed by atoms with Crippen molar-refractivity contribution in [2.75, 3.05) is 6.54 Å². The van der Waals surface area contributed by atoms with E-state index >= 15 is 0 Å². The van der Waals surface area contributed by atoms with Gasteiger partial charge < -0.3 is 5.32 Å². The smallest absolute Gasteiger partial charge is 0.141 e. The van der Waals surface area contributed by atoms with Crippen molar-refractivity contribution in [2.24, 2.45) is 5.92 Å². The van der Waals surface area contributed by atoms with E-state index < -0.39 is 0 Å². The minimum Gasteiger partial charge on any atom is -0.312 e. The first-order valence-corrected chi connectivity index (χ1v) is 5.62. The summed E-state index contributed by atoms with van der Waals surface area (Å²) in [6.07, 6.45) is 5.08. The fraction of sp³-hybridized carbons (Fsp3) is 0.545. The Morgan fingerprint density at radius 1 is 1.47 bits per heavy atom. The first-order chi connectivity index (χ1) is 7.24. The Hall–Kier alpha value is -0.670. The quantitative estimate of drug-likeness (QED) is 0.801. The molecule has 1 aromatic rings. The average molecular weight is 229 g/mol. The molecule has 1 fully saturated rings. The van der Waals surface area contributed by atoms with Crippen LogP contribution in [0.25, 0.3) is 0 Å². The molecule has 1 heterocycles. The molecule has 1 aromatic heterocycles. The summed E-state index contributed by atoms with van der Waals surface area (Å²) in [5, 5.41) is 3.65. The highest BCUT2D eigenvalue weighted by Crippen LogP contribution is 2.31. The van der Waals surface area contributed by atoms with Gasteiger partial charge in [-0.1, -0.05) is 0 Å². The number of halogens is 2. The second kappa shape index (κ2) is 4.90. The summed E-state index contributed by atoms with van der Waals surface area (Å²) < 4.78 is 12.8. The van der Waals surface area contributed by atoms with E-state index in [2.05, 4.69) is 10.3 Å². The van der Waals surface area contributed by atoms with Crippen LogP contribution in [0.15, 0.2) is 18.5 Å². The van der Waals surface area contributed by atoms with Crippen LogP contribution in [-0.2, 0) is 6.54 Å². The van der Waals surface area contributed by atoms with Crippen molar-refractivity contribution in [3.63, 3.8) is 0 Å². The second-order valence-electron chi connectivity index (χ2n) is 4.08. The summed E-state index contributed by atoms with van der Waals surface area (Å²) in [6, 6.07) is 1.51. The highest BCUT2D eigenvalue weighted by Gasteiger charge is 2.26. The third-order valence-electron chi connectivity index (χ3n) is 2.70. The Morgan fingerprint density at radius 3 is 2.93 bits per heavy atom. The highest BCUT2D eigenvalue weighted by molar-refractivity contribution is 6.21. The Labute approximate surface area is 93.9 Å². The molecule has 1 aliphatic carbocycles. The molecule has 1 N–H and O–H groups in total. The van der Waals surface area contributed by atoms with Gasteiger partial charge in [-0.15, -0.1) is 11.6 Å². The van der Waals surface area contributed by atoms with E-state index in [9.17, 15) is 4.39 Å². The largest absolute Gasteiger partial charge is 0.312 e. The van der Waals surface area contributed by atoms with Crippen LogP contribution in [0.5, 0.6) is 0 Å². The van der Waals surface area contributed by atoms with Gasteiger partial charge in [0, 0.05) is 18.1 Å². The van der Waals surface area contributed by atoms with Gasteiger partial charge >= 0.3 is 0 Å². The highest BCUT2D eigenvalue weighted by atomic mass is 35.5. The number of aromatic nitrogens is 1. The van der Waals surface area contributed by atoms with E-state index in [1.165, 1.54) is 12.3 Å². The lowest BCUT2D eigenvalue weighted by molar-refractivity contribution is 0.308. The molecule has 0 aliphatic heterocycles.